The summed E-state index contributed by atoms with van der Waals surface area (Å²) in [7, 11) is 0. The molecule has 0 spiro atoms. The Hall–Kier alpha value is -2.10. The molecule has 96 valence electrons. The second-order valence-corrected chi connectivity index (χ2v) is 3.71. The Morgan fingerprint density at radius 2 is 1.94 bits per heavy atom. The van der Waals surface area contributed by atoms with Gasteiger partial charge in [-0.05, 0) is 31.0 Å². The standard InChI is InChI=1S/C14H17NO3/c1-3-5-14(17)18-10-13(16)15-12-8-6-11(4-2)7-9-12/h3,5-9H,4,10H2,1-2H3,(H,15,16)/b5-3+. The molecular formula is C14H17NO3. The van der Waals surface area contributed by atoms with E-state index in [1.165, 1.54) is 11.6 Å². The van der Waals surface area contributed by atoms with Crippen molar-refractivity contribution in [3.8, 4) is 0 Å². The summed E-state index contributed by atoms with van der Waals surface area (Å²) in [5.41, 5.74) is 1.90. The van der Waals surface area contributed by atoms with Crippen molar-refractivity contribution in [2.75, 3.05) is 11.9 Å². The van der Waals surface area contributed by atoms with Gasteiger partial charge in [0.1, 0.15) is 0 Å². The van der Waals surface area contributed by atoms with Crippen LogP contribution in [-0.4, -0.2) is 18.5 Å². The average Bonchev–Trinajstić information content (AvgIpc) is 2.38. The molecule has 0 aliphatic carbocycles. The fraction of sp³-hybridized carbons (Fsp3) is 0.286. The van der Waals surface area contributed by atoms with Crippen molar-refractivity contribution in [1.29, 1.82) is 0 Å². The Kier molecular flexibility index (Phi) is 5.64. The second-order valence-electron chi connectivity index (χ2n) is 3.71. The molecule has 0 aliphatic heterocycles. The molecule has 1 aromatic rings. The van der Waals surface area contributed by atoms with Gasteiger partial charge in [0.05, 0.1) is 0 Å². The Balaban J connectivity index is 2.41. The number of benzene rings is 1. The molecule has 18 heavy (non-hydrogen) atoms. The molecule has 4 heteroatoms. The second kappa shape index (κ2) is 7.27. The number of carbonyl (C=O) groups is 2. The zero-order chi connectivity index (χ0) is 13.4. The summed E-state index contributed by atoms with van der Waals surface area (Å²) in [6.07, 6.45) is 3.78. The Labute approximate surface area is 107 Å². The Morgan fingerprint density at radius 3 is 2.50 bits per heavy atom. The monoisotopic (exact) mass is 247 g/mol. The summed E-state index contributed by atoms with van der Waals surface area (Å²) in [5.74, 6) is -0.869. The summed E-state index contributed by atoms with van der Waals surface area (Å²) in [6, 6.07) is 7.54. The van der Waals surface area contributed by atoms with Gasteiger partial charge >= 0.3 is 5.97 Å². The first-order valence-electron chi connectivity index (χ1n) is 5.84. The summed E-state index contributed by atoms with van der Waals surface area (Å²) in [6.45, 7) is 3.49. The third kappa shape index (κ3) is 4.82. The number of hydrogen-bond acceptors (Lipinski definition) is 3. The topological polar surface area (TPSA) is 55.4 Å². The maximum atomic E-state index is 11.5. The lowest BCUT2D eigenvalue weighted by molar-refractivity contribution is -0.142. The van der Waals surface area contributed by atoms with Gasteiger partial charge in [0.25, 0.3) is 5.91 Å². The first-order chi connectivity index (χ1) is 8.65. The minimum Gasteiger partial charge on any atom is -0.452 e. The van der Waals surface area contributed by atoms with Crippen LogP contribution >= 0.6 is 0 Å². The normalized spacial score (nSPS) is 10.3. The number of anilines is 1. The number of esters is 1. The summed E-state index contributed by atoms with van der Waals surface area (Å²) in [4.78, 5) is 22.5. The third-order valence-corrected chi connectivity index (χ3v) is 2.29. The largest absolute Gasteiger partial charge is 0.452 e. The molecule has 0 heterocycles. The maximum Gasteiger partial charge on any atom is 0.330 e. The first-order valence-corrected chi connectivity index (χ1v) is 5.84. The Bertz CT molecular complexity index is 435. The third-order valence-electron chi connectivity index (χ3n) is 2.29. The first kappa shape index (κ1) is 14.0. The summed E-state index contributed by atoms with van der Waals surface area (Å²) in [5, 5.41) is 2.65. The van der Waals surface area contributed by atoms with E-state index in [0.717, 1.165) is 6.42 Å². The molecule has 0 bridgehead atoms. The molecule has 0 radical (unpaired) electrons. The van der Waals surface area contributed by atoms with Crippen LogP contribution in [0.2, 0.25) is 0 Å². The van der Waals surface area contributed by atoms with Gasteiger partial charge in [-0.15, -0.1) is 0 Å². The van der Waals surface area contributed by atoms with Gasteiger partial charge in [-0.1, -0.05) is 25.1 Å². The van der Waals surface area contributed by atoms with E-state index in [-0.39, 0.29) is 12.5 Å². The molecule has 0 aromatic heterocycles. The molecule has 4 nitrogen and oxygen atoms in total. The molecule has 0 saturated heterocycles. The number of nitrogens with one attached hydrogen (secondary N) is 1. The van der Waals surface area contributed by atoms with Gasteiger partial charge < -0.3 is 10.1 Å². The van der Waals surface area contributed by atoms with E-state index in [1.54, 1.807) is 13.0 Å². The molecule has 0 fully saturated rings. The fourth-order valence-corrected chi connectivity index (χ4v) is 1.34. The van der Waals surface area contributed by atoms with Crippen molar-refractivity contribution in [1.82, 2.24) is 0 Å². The summed E-state index contributed by atoms with van der Waals surface area (Å²) < 4.78 is 4.72. The van der Waals surface area contributed by atoms with Gasteiger partial charge in [-0.2, -0.15) is 0 Å². The molecule has 1 aromatic carbocycles. The van der Waals surface area contributed by atoms with E-state index >= 15 is 0 Å². The zero-order valence-electron chi connectivity index (χ0n) is 10.6. The number of allylic oxidation sites excluding steroid dienone is 1. The van der Waals surface area contributed by atoms with Crippen molar-refractivity contribution in [3.05, 3.63) is 42.0 Å². The quantitative estimate of drug-likeness (QED) is 0.641. The molecule has 0 aliphatic rings. The van der Waals surface area contributed by atoms with Crippen LogP contribution in [0, 0.1) is 0 Å². The van der Waals surface area contributed by atoms with Crippen LogP contribution in [0.25, 0.3) is 0 Å². The van der Waals surface area contributed by atoms with Gasteiger partial charge in [0.15, 0.2) is 6.61 Å². The Morgan fingerprint density at radius 1 is 1.28 bits per heavy atom. The van der Waals surface area contributed by atoms with E-state index < -0.39 is 5.97 Å². The molecule has 0 unspecified atom stereocenters. The predicted octanol–water partition coefficient (Wildman–Crippen LogP) is 2.31. The van der Waals surface area contributed by atoms with Crippen molar-refractivity contribution in [3.63, 3.8) is 0 Å². The van der Waals surface area contributed by atoms with Gasteiger partial charge in [-0.3, -0.25) is 4.79 Å². The lowest BCUT2D eigenvalue weighted by Gasteiger charge is -2.06. The lowest BCUT2D eigenvalue weighted by atomic mass is 10.1. The fourth-order valence-electron chi connectivity index (χ4n) is 1.34. The van der Waals surface area contributed by atoms with Crippen molar-refractivity contribution in [2.24, 2.45) is 0 Å². The van der Waals surface area contributed by atoms with E-state index in [0.29, 0.717) is 5.69 Å². The van der Waals surface area contributed by atoms with Crippen LogP contribution in [0.5, 0.6) is 0 Å². The highest BCUT2D eigenvalue weighted by molar-refractivity contribution is 5.93. The molecule has 1 rings (SSSR count). The molecule has 1 N–H and O–H groups in total. The van der Waals surface area contributed by atoms with E-state index in [9.17, 15) is 9.59 Å². The van der Waals surface area contributed by atoms with E-state index in [2.05, 4.69) is 12.2 Å². The van der Waals surface area contributed by atoms with E-state index in [4.69, 9.17) is 4.74 Å². The maximum absolute atomic E-state index is 11.5. The van der Waals surface area contributed by atoms with Crippen molar-refractivity contribution >= 4 is 17.6 Å². The number of aryl methyl sites for hydroxylation is 1. The van der Waals surface area contributed by atoms with Crippen LogP contribution in [0.15, 0.2) is 36.4 Å². The minimum absolute atomic E-state index is 0.279. The molecule has 1 amide bonds. The van der Waals surface area contributed by atoms with Crippen molar-refractivity contribution < 1.29 is 14.3 Å². The molecule has 0 atom stereocenters. The lowest BCUT2D eigenvalue weighted by Crippen LogP contribution is -2.20. The SMILES string of the molecule is C/C=C/C(=O)OCC(=O)Nc1ccc(CC)cc1. The van der Waals surface area contributed by atoms with Gasteiger partial charge in [0.2, 0.25) is 0 Å². The van der Waals surface area contributed by atoms with Crippen molar-refractivity contribution in [2.45, 2.75) is 20.3 Å². The predicted molar refractivity (Wildman–Crippen MR) is 70.2 cm³/mol. The number of carbonyl (C=O) groups excluding carboxylic acids is 2. The number of hydrogen-bond donors (Lipinski definition) is 1. The van der Waals surface area contributed by atoms with Gasteiger partial charge in [0, 0.05) is 11.8 Å². The summed E-state index contributed by atoms with van der Waals surface area (Å²) >= 11 is 0. The highest BCUT2D eigenvalue weighted by Gasteiger charge is 2.05. The van der Waals surface area contributed by atoms with Crippen LogP contribution < -0.4 is 5.32 Å². The zero-order valence-corrected chi connectivity index (χ0v) is 10.6. The minimum atomic E-state index is -0.519. The smallest absolute Gasteiger partial charge is 0.330 e. The average molecular weight is 247 g/mol. The van der Waals surface area contributed by atoms with Crippen LogP contribution in [0.4, 0.5) is 5.69 Å². The molecule has 0 saturated carbocycles. The van der Waals surface area contributed by atoms with E-state index in [1.807, 2.05) is 24.3 Å². The number of amides is 1. The van der Waals surface area contributed by atoms with Crippen LogP contribution in [-0.2, 0) is 20.7 Å². The van der Waals surface area contributed by atoms with Crippen LogP contribution in [0.1, 0.15) is 19.4 Å². The molecular weight excluding hydrogens is 230 g/mol. The highest BCUT2D eigenvalue weighted by atomic mass is 16.5. The highest BCUT2D eigenvalue weighted by Crippen LogP contribution is 2.09. The number of rotatable bonds is 5. The van der Waals surface area contributed by atoms with Crippen LogP contribution in [0.3, 0.4) is 0 Å². The van der Waals surface area contributed by atoms with Gasteiger partial charge in [-0.25, -0.2) is 4.79 Å². The number of ether oxygens (including phenoxy) is 1.